The molecule has 2 rings (SSSR count). The topological polar surface area (TPSA) is 38.8 Å². The number of ether oxygens (including phenoxy) is 2. The van der Waals surface area contributed by atoms with Crippen molar-refractivity contribution < 1.29 is 14.3 Å². The standard InChI is InChI=1S/C20H23NO3/c1-5-24-19-8-6-7-16(20(19)23-4)11-14-18(22)15-9-12-17(13-10-15)21(2)3/h6-14H,5H2,1-4H3/b14-11+. The van der Waals surface area contributed by atoms with Crippen molar-refractivity contribution in [1.82, 2.24) is 0 Å². The van der Waals surface area contributed by atoms with Crippen LogP contribution in [0.25, 0.3) is 6.08 Å². The van der Waals surface area contributed by atoms with Crippen LogP contribution in [0.15, 0.2) is 48.5 Å². The second-order valence-corrected chi connectivity index (χ2v) is 5.45. The molecule has 0 radical (unpaired) electrons. The van der Waals surface area contributed by atoms with Gasteiger partial charge in [-0.2, -0.15) is 0 Å². The summed E-state index contributed by atoms with van der Waals surface area (Å²) in [6.45, 7) is 2.48. The first kappa shape index (κ1) is 17.6. The number of hydrogen-bond acceptors (Lipinski definition) is 4. The molecule has 2 aromatic carbocycles. The lowest BCUT2D eigenvalue weighted by Crippen LogP contribution is -2.08. The Morgan fingerprint density at radius 2 is 1.83 bits per heavy atom. The van der Waals surface area contributed by atoms with Crippen LogP contribution in [-0.2, 0) is 0 Å². The van der Waals surface area contributed by atoms with Gasteiger partial charge in [0.05, 0.1) is 13.7 Å². The van der Waals surface area contributed by atoms with Crippen molar-refractivity contribution in [3.05, 3.63) is 59.7 Å². The number of carbonyl (C=O) groups excluding carboxylic acids is 1. The second kappa shape index (κ2) is 8.20. The monoisotopic (exact) mass is 325 g/mol. The van der Waals surface area contributed by atoms with Crippen molar-refractivity contribution in [3.8, 4) is 11.5 Å². The maximum Gasteiger partial charge on any atom is 0.185 e. The fourth-order valence-electron chi connectivity index (χ4n) is 2.34. The highest BCUT2D eigenvalue weighted by atomic mass is 16.5. The zero-order valence-corrected chi connectivity index (χ0v) is 14.6. The molecule has 0 N–H and O–H groups in total. The van der Waals surface area contributed by atoms with E-state index in [1.165, 1.54) is 0 Å². The molecule has 0 unspecified atom stereocenters. The molecule has 0 spiro atoms. The van der Waals surface area contributed by atoms with Crippen molar-refractivity contribution in [2.75, 3.05) is 32.7 Å². The molecule has 4 heteroatoms. The van der Waals surface area contributed by atoms with Crippen LogP contribution >= 0.6 is 0 Å². The third-order valence-corrected chi connectivity index (χ3v) is 3.60. The van der Waals surface area contributed by atoms with Crippen LogP contribution in [0.2, 0.25) is 0 Å². The van der Waals surface area contributed by atoms with Gasteiger partial charge >= 0.3 is 0 Å². The van der Waals surface area contributed by atoms with E-state index in [0.717, 1.165) is 11.3 Å². The van der Waals surface area contributed by atoms with Crippen molar-refractivity contribution in [1.29, 1.82) is 0 Å². The highest BCUT2D eigenvalue weighted by Gasteiger charge is 2.08. The molecule has 0 bridgehead atoms. The van der Waals surface area contributed by atoms with Crippen LogP contribution in [0.4, 0.5) is 5.69 Å². The molecular weight excluding hydrogens is 302 g/mol. The number of hydrogen-bond donors (Lipinski definition) is 0. The number of carbonyl (C=O) groups is 1. The number of allylic oxidation sites excluding steroid dienone is 1. The lowest BCUT2D eigenvalue weighted by atomic mass is 10.1. The molecule has 2 aromatic rings. The average molecular weight is 325 g/mol. The molecule has 0 amide bonds. The van der Waals surface area contributed by atoms with Gasteiger partial charge in [0.1, 0.15) is 0 Å². The lowest BCUT2D eigenvalue weighted by Gasteiger charge is -2.12. The number of rotatable bonds is 7. The predicted molar refractivity (Wildman–Crippen MR) is 98.3 cm³/mol. The van der Waals surface area contributed by atoms with Gasteiger partial charge in [0.15, 0.2) is 17.3 Å². The molecule has 4 nitrogen and oxygen atoms in total. The Morgan fingerprint density at radius 1 is 1.12 bits per heavy atom. The van der Waals surface area contributed by atoms with Crippen molar-refractivity contribution in [3.63, 3.8) is 0 Å². The van der Waals surface area contributed by atoms with E-state index >= 15 is 0 Å². The first-order valence-corrected chi connectivity index (χ1v) is 7.86. The van der Waals surface area contributed by atoms with Crippen molar-refractivity contribution in [2.45, 2.75) is 6.92 Å². The van der Waals surface area contributed by atoms with E-state index in [9.17, 15) is 4.79 Å². The van der Waals surface area contributed by atoms with Crippen LogP contribution in [-0.4, -0.2) is 33.6 Å². The summed E-state index contributed by atoms with van der Waals surface area (Å²) >= 11 is 0. The zero-order chi connectivity index (χ0) is 17.5. The fraction of sp³-hybridized carbons (Fsp3) is 0.250. The minimum atomic E-state index is -0.0517. The maximum absolute atomic E-state index is 12.3. The van der Waals surface area contributed by atoms with Gasteiger partial charge < -0.3 is 14.4 Å². The molecule has 0 heterocycles. The van der Waals surface area contributed by atoms with E-state index < -0.39 is 0 Å². The summed E-state index contributed by atoms with van der Waals surface area (Å²) in [6, 6.07) is 13.1. The average Bonchev–Trinajstić information content (AvgIpc) is 2.60. The van der Waals surface area contributed by atoms with Gasteiger partial charge in [-0.15, -0.1) is 0 Å². The number of anilines is 1. The first-order chi connectivity index (χ1) is 11.6. The Balaban J connectivity index is 2.21. The summed E-state index contributed by atoms with van der Waals surface area (Å²) in [5.41, 5.74) is 2.51. The summed E-state index contributed by atoms with van der Waals surface area (Å²) in [7, 11) is 5.53. The first-order valence-electron chi connectivity index (χ1n) is 7.86. The molecule has 0 atom stereocenters. The summed E-state index contributed by atoms with van der Waals surface area (Å²) in [5, 5.41) is 0. The van der Waals surface area contributed by atoms with Crippen molar-refractivity contribution >= 4 is 17.5 Å². The molecule has 0 aromatic heterocycles. The molecule has 0 aliphatic rings. The summed E-state index contributed by atoms with van der Waals surface area (Å²) in [5.74, 6) is 1.25. The van der Waals surface area contributed by atoms with Gasteiger partial charge in [0.2, 0.25) is 0 Å². The van der Waals surface area contributed by atoms with E-state index in [1.807, 2.05) is 68.4 Å². The van der Waals surface area contributed by atoms with E-state index in [4.69, 9.17) is 9.47 Å². The minimum absolute atomic E-state index is 0.0517. The Morgan fingerprint density at radius 3 is 2.42 bits per heavy atom. The predicted octanol–water partition coefficient (Wildman–Crippen LogP) is 4.06. The maximum atomic E-state index is 12.3. The van der Waals surface area contributed by atoms with E-state index in [0.29, 0.717) is 23.7 Å². The highest BCUT2D eigenvalue weighted by molar-refractivity contribution is 6.07. The second-order valence-electron chi connectivity index (χ2n) is 5.45. The van der Waals surface area contributed by atoms with Crippen LogP contribution < -0.4 is 14.4 Å². The Bertz CT molecular complexity index is 718. The van der Waals surface area contributed by atoms with Gasteiger partial charge in [-0.3, -0.25) is 4.79 Å². The van der Waals surface area contributed by atoms with Crippen LogP contribution in [0.3, 0.4) is 0 Å². The summed E-state index contributed by atoms with van der Waals surface area (Å²) in [6.07, 6.45) is 3.31. The minimum Gasteiger partial charge on any atom is -0.492 e. The molecule has 0 saturated carbocycles. The Kier molecular flexibility index (Phi) is 6.01. The fourth-order valence-corrected chi connectivity index (χ4v) is 2.34. The SMILES string of the molecule is CCOc1cccc(/C=C/C(=O)c2ccc(N(C)C)cc2)c1OC. The van der Waals surface area contributed by atoms with Gasteiger partial charge in [0.25, 0.3) is 0 Å². The molecule has 0 aliphatic carbocycles. The molecular formula is C20H23NO3. The molecule has 0 fully saturated rings. The van der Waals surface area contributed by atoms with E-state index in [-0.39, 0.29) is 5.78 Å². The van der Waals surface area contributed by atoms with E-state index in [1.54, 1.807) is 19.3 Å². The quantitative estimate of drug-likeness (QED) is 0.568. The molecule has 0 aliphatic heterocycles. The lowest BCUT2D eigenvalue weighted by molar-refractivity contribution is 0.104. The van der Waals surface area contributed by atoms with Crippen LogP contribution in [0.5, 0.6) is 11.5 Å². The number of benzene rings is 2. The van der Waals surface area contributed by atoms with Crippen LogP contribution in [0.1, 0.15) is 22.8 Å². The zero-order valence-electron chi connectivity index (χ0n) is 14.6. The Hall–Kier alpha value is -2.75. The number of methoxy groups -OCH3 is 1. The molecule has 24 heavy (non-hydrogen) atoms. The molecule has 126 valence electrons. The third kappa shape index (κ3) is 4.16. The third-order valence-electron chi connectivity index (χ3n) is 3.60. The van der Waals surface area contributed by atoms with Gasteiger partial charge in [-0.05, 0) is 49.4 Å². The molecule has 0 saturated heterocycles. The Labute approximate surface area is 143 Å². The van der Waals surface area contributed by atoms with Gasteiger partial charge in [-0.25, -0.2) is 0 Å². The summed E-state index contributed by atoms with van der Waals surface area (Å²) < 4.78 is 11.0. The number of nitrogens with zero attached hydrogens (tertiary/aromatic N) is 1. The van der Waals surface area contributed by atoms with E-state index in [2.05, 4.69) is 0 Å². The van der Waals surface area contributed by atoms with Gasteiger partial charge in [0, 0.05) is 30.9 Å². The highest BCUT2D eigenvalue weighted by Crippen LogP contribution is 2.32. The van der Waals surface area contributed by atoms with Gasteiger partial charge in [-0.1, -0.05) is 12.1 Å². The number of para-hydroxylation sites is 1. The van der Waals surface area contributed by atoms with Crippen LogP contribution in [0, 0.1) is 0 Å². The van der Waals surface area contributed by atoms with Crippen molar-refractivity contribution in [2.24, 2.45) is 0 Å². The summed E-state index contributed by atoms with van der Waals surface area (Å²) in [4.78, 5) is 14.3. The largest absolute Gasteiger partial charge is 0.492 e. The normalized spacial score (nSPS) is 10.7. The smallest absolute Gasteiger partial charge is 0.185 e. The number of ketones is 1.